The summed E-state index contributed by atoms with van der Waals surface area (Å²) in [5.41, 5.74) is 0.856. The predicted octanol–water partition coefficient (Wildman–Crippen LogP) is 2.66. The van der Waals surface area contributed by atoms with E-state index < -0.39 is 51.9 Å². The SMILES string of the molecule is C[C@@H](O)[C@H]1C(=O)N2C(C(=O)OCc3ccc([N+](=O)[O-])cc3)=C(S[C@H]3C[C@@H](C(=O)N4CCN(C)CC4)N(C(=O)OCc4ccc([N+](=O)[O-])cc4)C3)C[C@H]12. The van der Waals surface area contributed by atoms with Crippen molar-refractivity contribution in [1.29, 1.82) is 0 Å². The fourth-order valence-corrected chi connectivity index (χ4v) is 8.43. The predicted molar refractivity (Wildman–Crippen MR) is 184 cm³/mol. The number of rotatable bonds is 11. The number of esters is 1. The molecule has 4 aliphatic heterocycles. The van der Waals surface area contributed by atoms with E-state index in [0.717, 1.165) is 0 Å². The fourth-order valence-electron chi connectivity index (χ4n) is 6.96. The third-order valence-electron chi connectivity index (χ3n) is 9.81. The molecule has 4 heterocycles. The van der Waals surface area contributed by atoms with Gasteiger partial charge < -0.3 is 29.3 Å². The Morgan fingerprint density at radius 2 is 1.48 bits per heavy atom. The van der Waals surface area contributed by atoms with Gasteiger partial charge in [-0.25, -0.2) is 9.59 Å². The van der Waals surface area contributed by atoms with Crippen LogP contribution in [-0.2, 0) is 37.1 Å². The molecule has 0 bridgehead atoms. The van der Waals surface area contributed by atoms with Crippen LogP contribution in [0.25, 0.3) is 0 Å². The second-order valence-corrected chi connectivity index (χ2v) is 14.7. The molecule has 2 aromatic rings. The maximum atomic E-state index is 13.9. The molecule has 0 aliphatic carbocycles. The molecule has 4 aliphatic rings. The fraction of sp³-hybridized carbons (Fsp3) is 0.471. The average molecular weight is 739 g/mol. The zero-order chi connectivity index (χ0) is 37.3. The van der Waals surface area contributed by atoms with Crippen molar-refractivity contribution < 1.29 is 43.6 Å². The summed E-state index contributed by atoms with van der Waals surface area (Å²) >= 11 is 1.29. The molecule has 276 valence electrons. The van der Waals surface area contributed by atoms with Crippen LogP contribution >= 0.6 is 11.8 Å². The van der Waals surface area contributed by atoms with Gasteiger partial charge in [0.1, 0.15) is 25.0 Å². The minimum absolute atomic E-state index is 0.0416. The lowest BCUT2D eigenvalue weighted by Crippen LogP contribution is -2.61. The Bertz CT molecular complexity index is 1780. The van der Waals surface area contributed by atoms with Crippen molar-refractivity contribution in [3.05, 3.63) is 90.5 Å². The Kier molecular flexibility index (Phi) is 10.8. The molecule has 0 radical (unpaired) electrons. The van der Waals surface area contributed by atoms with E-state index in [1.165, 1.54) is 77.0 Å². The van der Waals surface area contributed by atoms with Crippen molar-refractivity contribution in [3.8, 4) is 0 Å². The van der Waals surface area contributed by atoms with Gasteiger partial charge >= 0.3 is 12.1 Å². The monoisotopic (exact) mass is 738 g/mol. The van der Waals surface area contributed by atoms with Crippen molar-refractivity contribution in [3.63, 3.8) is 0 Å². The minimum Gasteiger partial charge on any atom is -0.456 e. The molecule has 0 saturated carbocycles. The number of nitro benzene ring substituents is 2. The first kappa shape index (κ1) is 36.7. The Hall–Kier alpha value is -5.07. The van der Waals surface area contributed by atoms with Gasteiger partial charge in [-0.15, -0.1) is 11.8 Å². The number of aliphatic hydroxyl groups is 1. The third-order valence-corrected chi connectivity index (χ3v) is 11.1. The smallest absolute Gasteiger partial charge is 0.410 e. The van der Waals surface area contributed by atoms with Gasteiger partial charge in [0.25, 0.3) is 11.4 Å². The number of ether oxygens (including phenoxy) is 2. The highest BCUT2D eigenvalue weighted by atomic mass is 32.2. The molecular formula is C34H38N6O11S. The van der Waals surface area contributed by atoms with E-state index in [2.05, 4.69) is 4.90 Å². The molecule has 6 rings (SSSR count). The normalized spacial score (nSPS) is 23.6. The zero-order valence-corrected chi connectivity index (χ0v) is 29.3. The molecule has 0 spiro atoms. The number of carbonyl (C=O) groups excluding carboxylic acids is 4. The van der Waals surface area contributed by atoms with E-state index in [9.17, 15) is 44.5 Å². The molecule has 1 N–H and O–H groups in total. The third kappa shape index (κ3) is 7.58. The molecule has 3 fully saturated rings. The first-order chi connectivity index (χ1) is 24.8. The van der Waals surface area contributed by atoms with Crippen LogP contribution in [0.2, 0.25) is 0 Å². The van der Waals surface area contributed by atoms with E-state index in [0.29, 0.717) is 42.2 Å². The number of carbonyl (C=O) groups is 4. The topological polar surface area (TPSA) is 206 Å². The summed E-state index contributed by atoms with van der Waals surface area (Å²) in [5.74, 6) is -2.12. The molecule has 3 saturated heterocycles. The van der Waals surface area contributed by atoms with Crippen molar-refractivity contribution >= 4 is 47.0 Å². The van der Waals surface area contributed by atoms with Gasteiger partial charge in [-0.2, -0.15) is 0 Å². The number of likely N-dealkylation sites (tertiary alicyclic amines) is 1. The highest BCUT2D eigenvalue weighted by molar-refractivity contribution is 8.03. The molecule has 3 amide bonds. The van der Waals surface area contributed by atoms with E-state index in [4.69, 9.17) is 9.47 Å². The number of hydrogen-bond acceptors (Lipinski definition) is 13. The number of hydrogen-bond donors (Lipinski definition) is 1. The average Bonchev–Trinajstić information content (AvgIpc) is 3.69. The van der Waals surface area contributed by atoms with Gasteiger partial charge in [0.05, 0.1) is 27.9 Å². The number of benzene rings is 2. The van der Waals surface area contributed by atoms with Crippen molar-refractivity contribution in [2.75, 3.05) is 39.8 Å². The van der Waals surface area contributed by atoms with Gasteiger partial charge in [0.15, 0.2) is 0 Å². The second-order valence-electron chi connectivity index (χ2n) is 13.3. The summed E-state index contributed by atoms with van der Waals surface area (Å²) in [5, 5.41) is 32.0. The summed E-state index contributed by atoms with van der Waals surface area (Å²) in [6, 6.07) is 9.80. The van der Waals surface area contributed by atoms with Crippen LogP contribution in [0.3, 0.4) is 0 Å². The lowest BCUT2D eigenvalue weighted by atomic mass is 9.83. The highest BCUT2D eigenvalue weighted by Crippen LogP contribution is 2.49. The van der Waals surface area contributed by atoms with Crippen LogP contribution in [0.5, 0.6) is 0 Å². The lowest BCUT2D eigenvalue weighted by Gasteiger charge is -2.44. The number of thioether (sulfide) groups is 1. The van der Waals surface area contributed by atoms with Gasteiger partial charge in [-0.1, -0.05) is 0 Å². The standard InChI is InChI=1S/C34H38N6O11S/c1-20(41)29-26-16-28(30(38(26)32(29)43)33(44)50-18-21-3-7-23(8-4-21)39(46)47)52-25-15-27(31(42)36-13-11-35(2)12-14-36)37(17-25)34(45)51-19-22-5-9-24(10-6-22)40(48)49/h3-10,20,25-27,29,41H,11-19H2,1-2H3/t20-,25+,26-,27+,29-/m1/s1. The van der Waals surface area contributed by atoms with Crippen LogP contribution in [0.15, 0.2) is 59.1 Å². The number of piperazine rings is 1. The first-order valence-corrected chi connectivity index (χ1v) is 17.7. The van der Waals surface area contributed by atoms with Crippen molar-refractivity contribution in [1.82, 2.24) is 19.6 Å². The van der Waals surface area contributed by atoms with Crippen molar-refractivity contribution in [2.45, 2.75) is 56.4 Å². The van der Waals surface area contributed by atoms with E-state index in [1.807, 2.05) is 7.05 Å². The molecule has 52 heavy (non-hydrogen) atoms. The zero-order valence-electron chi connectivity index (χ0n) is 28.5. The largest absolute Gasteiger partial charge is 0.456 e. The van der Waals surface area contributed by atoms with Crippen LogP contribution in [0, 0.1) is 26.1 Å². The number of amides is 3. The number of β-lactam (4-membered cyclic amide) rings is 1. The number of non-ortho nitro benzene ring substituents is 2. The Balaban J connectivity index is 1.20. The van der Waals surface area contributed by atoms with Gasteiger partial charge in [-0.3, -0.25) is 34.7 Å². The van der Waals surface area contributed by atoms with Gasteiger partial charge in [0.2, 0.25) is 11.8 Å². The quantitative estimate of drug-likeness (QED) is 0.153. The molecule has 17 nitrogen and oxygen atoms in total. The number of likely N-dealkylation sites (N-methyl/N-ethyl adjacent to an activating group) is 1. The first-order valence-electron chi connectivity index (χ1n) is 16.8. The summed E-state index contributed by atoms with van der Waals surface area (Å²) in [4.78, 5) is 82.3. The van der Waals surface area contributed by atoms with E-state index in [1.54, 1.807) is 4.90 Å². The van der Waals surface area contributed by atoms with E-state index >= 15 is 0 Å². The molecular weight excluding hydrogens is 700 g/mol. The maximum absolute atomic E-state index is 13.9. The van der Waals surface area contributed by atoms with Crippen LogP contribution in [0.4, 0.5) is 16.2 Å². The molecule has 0 aromatic heterocycles. The Morgan fingerprint density at radius 3 is 2.02 bits per heavy atom. The number of aliphatic hydroxyl groups excluding tert-OH is 1. The summed E-state index contributed by atoms with van der Waals surface area (Å²) in [7, 11) is 1.96. The summed E-state index contributed by atoms with van der Waals surface area (Å²) in [6.45, 7) is 3.57. The van der Waals surface area contributed by atoms with Crippen molar-refractivity contribution in [2.24, 2.45) is 5.92 Å². The Morgan fingerprint density at radius 1 is 0.923 bits per heavy atom. The molecule has 2 aromatic carbocycles. The van der Waals surface area contributed by atoms with Gasteiger partial charge in [0, 0.05) is 73.6 Å². The summed E-state index contributed by atoms with van der Waals surface area (Å²) in [6.07, 6.45) is -1.17. The number of fused-ring (bicyclic) bond motifs is 1. The lowest BCUT2D eigenvalue weighted by molar-refractivity contribution is -0.385. The van der Waals surface area contributed by atoms with Gasteiger partial charge in [-0.05, 0) is 55.8 Å². The van der Waals surface area contributed by atoms with Crippen LogP contribution < -0.4 is 0 Å². The highest BCUT2D eigenvalue weighted by Gasteiger charge is 2.57. The minimum atomic E-state index is -0.950. The van der Waals surface area contributed by atoms with Crippen LogP contribution in [-0.4, -0.2) is 122 Å². The second kappa shape index (κ2) is 15.3. The maximum Gasteiger partial charge on any atom is 0.410 e. The molecule has 18 heteroatoms. The van der Waals surface area contributed by atoms with Crippen LogP contribution in [0.1, 0.15) is 30.9 Å². The summed E-state index contributed by atoms with van der Waals surface area (Å²) < 4.78 is 11.2. The van der Waals surface area contributed by atoms with E-state index in [-0.39, 0.29) is 60.8 Å². The number of nitrogens with zero attached hydrogens (tertiary/aromatic N) is 6. The molecule has 5 atom stereocenters. The molecule has 0 unspecified atom stereocenters. The Labute approximate surface area is 302 Å². The number of nitro groups is 2.